The summed E-state index contributed by atoms with van der Waals surface area (Å²) in [6.45, 7) is 7.38. The normalized spacial score (nSPS) is 12.3. The first-order chi connectivity index (χ1) is 11.4. The van der Waals surface area contributed by atoms with Crippen molar-refractivity contribution in [3.05, 3.63) is 57.0 Å². The summed E-state index contributed by atoms with van der Waals surface area (Å²) in [5.41, 5.74) is 1.49. The van der Waals surface area contributed by atoms with Gasteiger partial charge in [-0.3, -0.25) is 14.2 Å². The summed E-state index contributed by atoms with van der Waals surface area (Å²) in [7, 11) is 0. The molecule has 24 heavy (non-hydrogen) atoms. The largest absolute Gasteiger partial charge is 0.324 e. The van der Waals surface area contributed by atoms with E-state index < -0.39 is 6.04 Å². The number of nitrogens with one attached hydrogen (secondary N) is 1. The van der Waals surface area contributed by atoms with E-state index in [1.807, 2.05) is 44.2 Å². The van der Waals surface area contributed by atoms with Crippen LogP contribution in [0.3, 0.4) is 0 Å². The molecule has 5 nitrogen and oxygen atoms in total. The molecule has 2 heterocycles. The van der Waals surface area contributed by atoms with Crippen LogP contribution in [0.4, 0.5) is 5.69 Å². The van der Waals surface area contributed by atoms with Crippen molar-refractivity contribution in [2.45, 2.75) is 33.7 Å². The Labute approximate surface area is 144 Å². The van der Waals surface area contributed by atoms with Gasteiger partial charge in [0.05, 0.1) is 5.39 Å². The van der Waals surface area contributed by atoms with Crippen LogP contribution < -0.4 is 10.9 Å². The Morgan fingerprint density at radius 1 is 1.21 bits per heavy atom. The number of fused-ring (bicyclic) bond motifs is 1. The third-order valence-corrected chi connectivity index (χ3v) is 5.32. The molecule has 0 bridgehead atoms. The van der Waals surface area contributed by atoms with Gasteiger partial charge < -0.3 is 5.32 Å². The van der Waals surface area contributed by atoms with Gasteiger partial charge >= 0.3 is 0 Å². The Bertz CT molecular complexity index is 973. The topological polar surface area (TPSA) is 64.0 Å². The van der Waals surface area contributed by atoms with Gasteiger partial charge in [0.1, 0.15) is 16.7 Å². The first-order valence-corrected chi connectivity index (χ1v) is 8.56. The Kier molecular flexibility index (Phi) is 4.24. The molecule has 1 N–H and O–H groups in total. The number of para-hydroxylation sites is 1. The monoisotopic (exact) mass is 341 g/mol. The number of thiophene rings is 1. The van der Waals surface area contributed by atoms with Crippen molar-refractivity contribution in [1.29, 1.82) is 0 Å². The quantitative estimate of drug-likeness (QED) is 0.792. The molecule has 0 aliphatic heterocycles. The number of rotatable bonds is 3. The van der Waals surface area contributed by atoms with Crippen LogP contribution in [-0.2, 0) is 4.79 Å². The molecule has 1 aromatic carbocycles. The average Bonchev–Trinajstić information content (AvgIpc) is 2.82. The molecule has 3 aromatic rings. The number of anilines is 1. The molecule has 1 atom stereocenters. The smallest absolute Gasteiger partial charge is 0.263 e. The van der Waals surface area contributed by atoms with E-state index in [4.69, 9.17) is 0 Å². The van der Waals surface area contributed by atoms with Crippen LogP contribution in [0.25, 0.3) is 10.2 Å². The van der Waals surface area contributed by atoms with Crippen molar-refractivity contribution in [3.63, 3.8) is 0 Å². The summed E-state index contributed by atoms with van der Waals surface area (Å²) in [5, 5.41) is 3.45. The van der Waals surface area contributed by atoms with E-state index in [1.54, 1.807) is 13.8 Å². The van der Waals surface area contributed by atoms with Crippen molar-refractivity contribution in [2.24, 2.45) is 0 Å². The highest BCUT2D eigenvalue weighted by Gasteiger charge is 2.22. The number of hydrogen-bond donors (Lipinski definition) is 1. The van der Waals surface area contributed by atoms with Crippen molar-refractivity contribution in [2.75, 3.05) is 5.32 Å². The summed E-state index contributed by atoms with van der Waals surface area (Å²) < 4.78 is 1.47. The van der Waals surface area contributed by atoms with Gasteiger partial charge in [-0.05, 0) is 45.4 Å². The minimum absolute atomic E-state index is 0.157. The molecule has 1 unspecified atom stereocenters. The molecule has 3 rings (SSSR count). The van der Waals surface area contributed by atoms with Crippen LogP contribution in [0.1, 0.15) is 29.2 Å². The lowest BCUT2D eigenvalue weighted by Crippen LogP contribution is -2.33. The maximum Gasteiger partial charge on any atom is 0.263 e. The molecule has 0 saturated heterocycles. The van der Waals surface area contributed by atoms with Gasteiger partial charge in [0.15, 0.2) is 0 Å². The molecule has 2 aromatic heterocycles. The van der Waals surface area contributed by atoms with Crippen LogP contribution in [0, 0.1) is 20.8 Å². The molecule has 0 saturated carbocycles. The van der Waals surface area contributed by atoms with Crippen LogP contribution in [0.2, 0.25) is 0 Å². The lowest BCUT2D eigenvalue weighted by Gasteiger charge is -2.17. The summed E-state index contributed by atoms with van der Waals surface area (Å²) in [6.07, 6.45) is 0. The summed E-state index contributed by atoms with van der Waals surface area (Å²) in [4.78, 5) is 31.8. The van der Waals surface area contributed by atoms with Crippen LogP contribution in [0.5, 0.6) is 0 Å². The fraction of sp³-hybridized carbons (Fsp3) is 0.278. The minimum Gasteiger partial charge on any atom is -0.324 e. The van der Waals surface area contributed by atoms with Gasteiger partial charge in [0.2, 0.25) is 5.91 Å². The van der Waals surface area contributed by atoms with Crippen molar-refractivity contribution >= 4 is 33.1 Å². The number of amides is 1. The fourth-order valence-electron chi connectivity index (χ4n) is 2.75. The van der Waals surface area contributed by atoms with Crippen LogP contribution in [-0.4, -0.2) is 15.5 Å². The zero-order chi connectivity index (χ0) is 17.4. The van der Waals surface area contributed by atoms with Gasteiger partial charge in [-0.2, -0.15) is 0 Å². The highest BCUT2D eigenvalue weighted by atomic mass is 32.1. The Hall–Kier alpha value is -2.47. The molecule has 0 radical (unpaired) electrons. The third-order valence-electron chi connectivity index (χ3n) is 4.22. The highest BCUT2D eigenvalue weighted by Crippen LogP contribution is 2.27. The molecule has 124 valence electrons. The number of carbonyl (C=O) groups excluding carboxylic acids is 1. The Morgan fingerprint density at radius 3 is 2.54 bits per heavy atom. The van der Waals surface area contributed by atoms with E-state index in [9.17, 15) is 9.59 Å². The minimum atomic E-state index is -0.644. The highest BCUT2D eigenvalue weighted by molar-refractivity contribution is 7.18. The van der Waals surface area contributed by atoms with Crippen molar-refractivity contribution in [1.82, 2.24) is 9.55 Å². The Balaban J connectivity index is 2.03. The first-order valence-electron chi connectivity index (χ1n) is 7.75. The molecule has 0 fully saturated rings. The van der Waals surface area contributed by atoms with Crippen LogP contribution in [0.15, 0.2) is 35.1 Å². The van der Waals surface area contributed by atoms with E-state index in [-0.39, 0.29) is 11.5 Å². The SMILES string of the molecule is Cc1sc2nc(C)n(C(C)C(=O)Nc3ccccc3)c(=O)c2c1C. The molecule has 6 heteroatoms. The van der Waals surface area contributed by atoms with E-state index >= 15 is 0 Å². The van der Waals surface area contributed by atoms with E-state index in [0.29, 0.717) is 16.9 Å². The number of nitrogens with zero attached hydrogens (tertiary/aromatic N) is 2. The first kappa shape index (κ1) is 16.4. The standard InChI is InChI=1S/C18H19N3O2S/c1-10-12(3)24-17-15(10)18(23)21(13(4)19-17)11(2)16(22)20-14-8-6-5-7-9-14/h5-9,11H,1-4H3,(H,20,22). The van der Waals surface area contributed by atoms with E-state index in [1.165, 1.54) is 15.9 Å². The number of aryl methyl sites for hydroxylation is 3. The number of aromatic nitrogens is 2. The second kappa shape index (κ2) is 6.20. The molecule has 0 aliphatic carbocycles. The fourth-order valence-corrected chi connectivity index (χ4v) is 3.81. The van der Waals surface area contributed by atoms with Crippen molar-refractivity contribution in [3.8, 4) is 0 Å². The summed E-state index contributed by atoms with van der Waals surface area (Å²) in [5.74, 6) is 0.307. The van der Waals surface area contributed by atoms with Gasteiger partial charge in [0, 0.05) is 10.6 Å². The lowest BCUT2D eigenvalue weighted by atomic mass is 10.2. The number of benzene rings is 1. The zero-order valence-electron chi connectivity index (χ0n) is 14.1. The van der Waals surface area contributed by atoms with Gasteiger partial charge in [-0.25, -0.2) is 4.98 Å². The van der Waals surface area contributed by atoms with Gasteiger partial charge in [-0.1, -0.05) is 18.2 Å². The van der Waals surface area contributed by atoms with Crippen molar-refractivity contribution < 1.29 is 4.79 Å². The summed E-state index contributed by atoms with van der Waals surface area (Å²) in [6, 6.07) is 8.57. The maximum absolute atomic E-state index is 12.9. The number of hydrogen-bond acceptors (Lipinski definition) is 4. The summed E-state index contributed by atoms with van der Waals surface area (Å²) >= 11 is 1.51. The second-order valence-electron chi connectivity index (χ2n) is 5.83. The maximum atomic E-state index is 12.9. The zero-order valence-corrected chi connectivity index (χ0v) is 14.9. The van der Waals surface area contributed by atoms with E-state index in [2.05, 4.69) is 10.3 Å². The van der Waals surface area contributed by atoms with E-state index in [0.717, 1.165) is 15.3 Å². The molecule has 0 aliphatic rings. The van der Waals surface area contributed by atoms with Crippen LogP contribution >= 0.6 is 11.3 Å². The molecular weight excluding hydrogens is 322 g/mol. The predicted octanol–water partition coefficient (Wildman–Crippen LogP) is 3.58. The second-order valence-corrected chi connectivity index (χ2v) is 7.03. The Morgan fingerprint density at radius 2 is 1.88 bits per heavy atom. The molecule has 1 amide bonds. The van der Waals surface area contributed by atoms with Gasteiger partial charge in [-0.15, -0.1) is 11.3 Å². The third kappa shape index (κ3) is 2.73. The molecular formula is C18H19N3O2S. The number of carbonyl (C=O) groups is 1. The van der Waals surface area contributed by atoms with Gasteiger partial charge in [0.25, 0.3) is 5.56 Å². The average molecular weight is 341 g/mol. The predicted molar refractivity (Wildman–Crippen MR) is 97.9 cm³/mol. The lowest BCUT2D eigenvalue weighted by molar-refractivity contribution is -0.118. The molecule has 0 spiro atoms.